The van der Waals surface area contributed by atoms with Gasteiger partial charge in [0, 0.05) is 32.9 Å². The molecule has 0 fully saturated rings. The van der Waals surface area contributed by atoms with Crippen molar-refractivity contribution >= 4 is 14.7 Å². The van der Waals surface area contributed by atoms with E-state index in [0.29, 0.717) is 104 Å². The first-order chi connectivity index (χ1) is 16.5. The smallest absolute Gasteiger partial charge is 0.382 e. The second kappa shape index (κ2) is 23.8. The van der Waals surface area contributed by atoms with Crippen LogP contribution in [0.4, 0.5) is 0 Å². The minimum atomic E-state index is -3.08. The predicted octanol–water partition coefficient (Wildman–Crippen LogP) is 1.18. The van der Waals surface area contributed by atoms with Crippen LogP contribution in [-0.4, -0.2) is 115 Å². The van der Waals surface area contributed by atoms with Gasteiger partial charge in [-0.2, -0.15) is 0 Å². The van der Waals surface area contributed by atoms with E-state index < -0.39 is 14.7 Å². The normalized spacial score (nSPS) is 12.4. The molecule has 0 aliphatic heterocycles. The summed E-state index contributed by atoms with van der Waals surface area (Å²) in [5.74, 6) is -0.429. The van der Waals surface area contributed by atoms with Crippen LogP contribution in [0.2, 0.25) is 6.04 Å². The molecule has 34 heavy (non-hydrogen) atoms. The molecular weight excluding hydrogens is 466 g/mol. The zero-order chi connectivity index (χ0) is 25.3. The minimum Gasteiger partial charge on any atom is -0.382 e. The van der Waals surface area contributed by atoms with Crippen LogP contribution >= 0.6 is 0 Å². The Morgan fingerprint density at radius 3 is 1.41 bits per heavy atom. The topological polar surface area (TPSA) is 126 Å². The molecular formula is C22H45NO10Si. The second-order valence-corrected chi connectivity index (χ2v) is 9.92. The van der Waals surface area contributed by atoms with Crippen LogP contribution in [0.15, 0.2) is 11.6 Å². The summed E-state index contributed by atoms with van der Waals surface area (Å²) in [7, 11) is 1.79. The molecule has 0 atom stereocenters. The van der Waals surface area contributed by atoms with Crippen LogP contribution in [0, 0.1) is 0 Å². The van der Waals surface area contributed by atoms with Gasteiger partial charge in [0.15, 0.2) is 0 Å². The lowest BCUT2D eigenvalue weighted by atomic mass is 10.2. The number of carbonyl (C=O) groups excluding carboxylic acids is 1. The van der Waals surface area contributed by atoms with E-state index in [2.05, 4.69) is 0 Å². The maximum atomic E-state index is 11.3. The zero-order valence-corrected chi connectivity index (χ0v) is 22.3. The maximum Gasteiger partial charge on any atom is 0.501 e. The molecule has 1 amide bonds. The lowest BCUT2D eigenvalue weighted by Crippen LogP contribution is -2.48. The fourth-order valence-corrected chi connectivity index (χ4v) is 5.08. The Bertz CT molecular complexity index is 469. The van der Waals surface area contributed by atoms with Crippen molar-refractivity contribution in [2.45, 2.75) is 25.8 Å². The summed E-state index contributed by atoms with van der Waals surface area (Å²) in [5.41, 5.74) is 5.84. The molecule has 11 nitrogen and oxygen atoms in total. The van der Waals surface area contributed by atoms with Crippen LogP contribution in [-0.2, 0) is 46.5 Å². The Kier molecular flexibility index (Phi) is 23.1. The molecule has 12 heteroatoms. The first kappa shape index (κ1) is 33.1. The summed E-state index contributed by atoms with van der Waals surface area (Å²) in [5, 5.41) is 0. The number of unbranched alkanes of at least 4 members (excludes halogenated alkanes) is 1. The number of hydrogen-bond acceptors (Lipinski definition) is 10. The number of amides is 1. The van der Waals surface area contributed by atoms with Gasteiger partial charge in [-0.15, -0.1) is 0 Å². The number of methoxy groups -OCH3 is 3. The quantitative estimate of drug-likeness (QED) is 0.103. The highest BCUT2D eigenvalue weighted by Gasteiger charge is 2.40. The van der Waals surface area contributed by atoms with Gasteiger partial charge in [-0.25, -0.2) is 0 Å². The third kappa shape index (κ3) is 19.4. The van der Waals surface area contributed by atoms with Gasteiger partial charge in [-0.05, 0) is 19.8 Å². The third-order valence-electron chi connectivity index (χ3n) is 4.47. The van der Waals surface area contributed by atoms with Crippen LogP contribution in [0.1, 0.15) is 19.8 Å². The van der Waals surface area contributed by atoms with E-state index in [0.717, 1.165) is 0 Å². The summed E-state index contributed by atoms with van der Waals surface area (Å²) in [6.07, 6.45) is 3.17. The van der Waals surface area contributed by atoms with Crippen molar-refractivity contribution in [1.82, 2.24) is 0 Å². The molecule has 0 aromatic carbocycles. The van der Waals surface area contributed by atoms with E-state index >= 15 is 0 Å². The Balaban J connectivity index is 4.97. The van der Waals surface area contributed by atoms with Gasteiger partial charge >= 0.3 is 8.80 Å². The highest BCUT2D eigenvalue weighted by Crippen LogP contribution is 2.20. The average molecular weight is 512 g/mol. The van der Waals surface area contributed by atoms with Crippen LogP contribution in [0.25, 0.3) is 0 Å². The molecule has 0 saturated heterocycles. The number of ether oxygens (including phenoxy) is 6. The molecule has 2 N–H and O–H groups in total. The molecule has 0 rings (SSSR count). The summed E-state index contributed by atoms with van der Waals surface area (Å²) in [4.78, 5) is 11.3. The molecule has 0 aliphatic rings. The first-order valence-electron chi connectivity index (χ1n) is 11.6. The van der Waals surface area contributed by atoms with Crippen molar-refractivity contribution in [3.05, 3.63) is 11.6 Å². The number of rotatable bonds is 26. The standard InChI is InChI=1S/C22H45NO10Si/c1-21(22(23)24)7-5-6-20-34(31-17-14-28-11-8-25-2,32-18-15-29-12-9-26-3)33-19-16-30-13-10-27-4/h7H,5-6,8-20H2,1-4H3,(H2,23,24)/b21-7+. The third-order valence-corrected chi connectivity index (χ3v) is 7.37. The number of allylic oxidation sites excluding steroid dienone is 1. The molecule has 0 heterocycles. The Morgan fingerprint density at radius 1 is 0.676 bits per heavy atom. The van der Waals surface area contributed by atoms with Crippen molar-refractivity contribution in [2.75, 3.05) is 101 Å². The van der Waals surface area contributed by atoms with Gasteiger partial charge in [-0.1, -0.05) is 6.08 Å². The molecule has 0 spiro atoms. The van der Waals surface area contributed by atoms with E-state index in [1.54, 1.807) is 28.3 Å². The molecule has 0 saturated carbocycles. The SMILES string of the molecule is COCCOCCO[Si](CCC/C=C(\C)C(N)=O)(OCCOCCOC)OCCOCCOC. The van der Waals surface area contributed by atoms with Gasteiger partial charge in [0.2, 0.25) is 5.91 Å². The fraction of sp³-hybridized carbons (Fsp3) is 0.864. The summed E-state index contributed by atoms with van der Waals surface area (Å²) >= 11 is 0. The van der Waals surface area contributed by atoms with Gasteiger partial charge in [-0.3, -0.25) is 4.79 Å². The zero-order valence-electron chi connectivity index (χ0n) is 21.3. The van der Waals surface area contributed by atoms with Gasteiger partial charge in [0.1, 0.15) is 0 Å². The average Bonchev–Trinajstić information content (AvgIpc) is 2.83. The Labute approximate surface area is 205 Å². The summed E-state index contributed by atoms with van der Waals surface area (Å²) in [6.45, 7) is 6.80. The highest BCUT2D eigenvalue weighted by molar-refractivity contribution is 6.60. The predicted molar refractivity (Wildman–Crippen MR) is 129 cm³/mol. The highest BCUT2D eigenvalue weighted by atomic mass is 28.4. The molecule has 0 aromatic heterocycles. The van der Waals surface area contributed by atoms with Crippen molar-refractivity contribution < 1.29 is 46.5 Å². The van der Waals surface area contributed by atoms with Crippen molar-refractivity contribution in [3.63, 3.8) is 0 Å². The number of carbonyl (C=O) groups is 1. The monoisotopic (exact) mass is 511 g/mol. The van der Waals surface area contributed by atoms with Crippen LogP contribution in [0.3, 0.4) is 0 Å². The second-order valence-electron chi connectivity index (χ2n) is 7.19. The van der Waals surface area contributed by atoms with Crippen molar-refractivity contribution in [1.29, 1.82) is 0 Å². The molecule has 202 valence electrons. The molecule has 0 bridgehead atoms. The number of hydrogen-bond donors (Lipinski definition) is 1. The fourth-order valence-electron chi connectivity index (χ4n) is 2.58. The largest absolute Gasteiger partial charge is 0.501 e. The first-order valence-corrected chi connectivity index (χ1v) is 13.5. The van der Waals surface area contributed by atoms with E-state index in [1.165, 1.54) is 0 Å². The van der Waals surface area contributed by atoms with E-state index in [4.69, 9.17) is 47.4 Å². The summed E-state index contributed by atoms with van der Waals surface area (Å²) < 4.78 is 50.0. The van der Waals surface area contributed by atoms with Crippen molar-refractivity contribution in [2.24, 2.45) is 5.73 Å². The van der Waals surface area contributed by atoms with Crippen LogP contribution in [0.5, 0.6) is 0 Å². The van der Waals surface area contributed by atoms with Gasteiger partial charge < -0.3 is 47.4 Å². The minimum absolute atomic E-state index is 0.321. The number of primary amides is 1. The summed E-state index contributed by atoms with van der Waals surface area (Å²) in [6, 6.07) is 0.559. The molecule has 0 aromatic rings. The van der Waals surface area contributed by atoms with E-state index in [1.807, 2.05) is 6.08 Å². The molecule has 0 unspecified atom stereocenters. The van der Waals surface area contributed by atoms with Gasteiger partial charge in [0.05, 0.1) is 79.3 Å². The lowest BCUT2D eigenvalue weighted by molar-refractivity contribution is -0.114. The molecule has 0 aliphatic carbocycles. The number of nitrogens with two attached hydrogens (primary N) is 1. The molecule has 0 radical (unpaired) electrons. The lowest BCUT2D eigenvalue weighted by Gasteiger charge is -2.30. The Morgan fingerprint density at radius 2 is 1.06 bits per heavy atom. The Hall–Kier alpha value is -0.933. The van der Waals surface area contributed by atoms with Crippen molar-refractivity contribution in [3.8, 4) is 0 Å². The van der Waals surface area contributed by atoms with Crippen LogP contribution < -0.4 is 5.73 Å². The van der Waals surface area contributed by atoms with Gasteiger partial charge in [0.25, 0.3) is 0 Å². The van der Waals surface area contributed by atoms with E-state index in [9.17, 15) is 4.79 Å². The maximum absolute atomic E-state index is 11.3. The van der Waals surface area contributed by atoms with E-state index in [-0.39, 0.29) is 0 Å².